The molecule has 3 rings (SSSR count). The van der Waals surface area contributed by atoms with E-state index in [1.165, 1.54) is 0 Å². The van der Waals surface area contributed by atoms with Crippen molar-refractivity contribution in [3.05, 3.63) is 33.1 Å². The quantitative estimate of drug-likeness (QED) is 0.0723. The van der Waals surface area contributed by atoms with Gasteiger partial charge in [-0.3, -0.25) is 37.5 Å². The van der Waals surface area contributed by atoms with Gasteiger partial charge in [-0.25, -0.2) is 13.9 Å². The van der Waals surface area contributed by atoms with Crippen LogP contribution in [0.2, 0.25) is 0 Å². The Morgan fingerprint density at radius 1 is 1.04 bits per heavy atom. The molecule has 49 heavy (non-hydrogen) atoms. The molecule has 0 aromatic carbocycles. The summed E-state index contributed by atoms with van der Waals surface area (Å²) in [5.74, 6) is -3.59. The first-order chi connectivity index (χ1) is 22.6. The summed E-state index contributed by atoms with van der Waals surface area (Å²) in [5.41, 5.74) is -1.82. The number of aliphatic carboxylic acids is 1. The minimum atomic E-state index is -5.82. The van der Waals surface area contributed by atoms with Crippen LogP contribution in [0.15, 0.2) is 21.9 Å². The standard InChI is InChI=1S/C22H36N3O21P3/c1-9(20(32)33)7-47(35,36)8-41-18-14(23-10(2)27)21(44-11(5-26)16(18)30)45-49(39,40)46-48(37,38)42-6-12-15(29)17(31)19(43-12)25-4-3-13(28)24-22(25)34/h3-4,9,11-12,14-19,21,26,29-31H,5-8H2,1-2H3,(H,23,27)(H,32,33)(H,35,36)(H,37,38)(H,39,40)(H,24,28,34)/t9?,11-,12-,14-,15-,16-,17-,18-,19-,21?/m1/s1. The summed E-state index contributed by atoms with van der Waals surface area (Å²) >= 11 is 0. The number of carbonyl (C=O) groups excluding carboxylic acids is 1. The fourth-order valence-electron chi connectivity index (χ4n) is 4.70. The Morgan fingerprint density at radius 2 is 1.69 bits per heavy atom. The Labute approximate surface area is 274 Å². The molecule has 2 fully saturated rings. The van der Waals surface area contributed by atoms with Gasteiger partial charge in [0.2, 0.25) is 13.3 Å². The molecule has 3 heterocycles. The molecule has 24 nitrogen and oxygen atoms in total. The summed E-state index contributed by atoms with van der Waals surface area (Å²) in [5, 5.41) is 52.1. The second-order valence-corrected chi connectivity index (χ2v) is 16.3. The van der Waals surface area contributed by atoms with Crippen LogP contribution in [-0.4, -0.2) is 136 Å². The summed E-state index contributed by atoms with van der Waals surface area (Å²) in [7, 11) is -15.9. The van der Waals surface area contributed by atoms with E-state index in [2.05, 4.69) is 14.2 Å². The molecule has 0 aliphatic carbocycles. The largest absolute Gasteiger partial charge is 0.483 e. The number of carboxylic acid groups (broad SMARTS) is 1. The molecule has 2 aliphatic heterocycles. The second-order valence-electron chi connectivity index (χ2n) is 11.0. The lowest BCUT2D eigenvalue weighted by Crippen LogP contribution is -2.65. The fraction of sp³-hybridized carbons (Fsp3) is 0.727. The first kappa shape index (κ1) is 41.2. The van der Waals surface area contributed by atoms with E-state index in [4.69, 9.17) is 23.8 Å². The molecular weight excluding hydrogens is 735 g/mol. The van der Waals surface area contributed by atoms with Crippen LogP contribution in [0.25, 0.3) is 0 Å². The van der Waals surface area contributed by atoms with Crippen LogP contribution in [0.3, 0.4) is 0 Å². The van der Waals surface area contributed by atoms with E-state index in [1.54, 1.807) is 0 Å². The maximum Gasteiger partial charge on any atom is 0.483 e. The van der Waals surface area contributed by atoms with E-state index in [0.29, 0.717) is 4.57 Å². The van der Waals surface area contributed by atoms with Crippen molar-refractivity contribution in [3.63, 3.8) is 0 Å². The van der Waals surface area contributed by atoms with Gasteiger partial charge in [-0.1, -0.05) is 6.92 Å². The van der Waals surface area contributed by atoms with Gasteiger partial charge in [0.05, 0.1) is 19.1 Å². The van der Waals surface area contributed by atoms with E-state index in [0.717, 1.165) is 26.1 Å². The minimum absolute atomic E-state index is 0.694. The predicted molar refractivity (Wildman–Crippen MR) is 156 cm³/mol. The summed E-state index contributed by atoms with van der Waals surface area (Å²) in [6, 6.07) is -0.937. The molecule has 0 bridgehead atoms. The number of aliphatic hydroxyl groups is 4. The zero-order valence-electron chi connectivity index (χ0n) is 25.4. The van der Waals surface area contributed by atoms with E-state index in [-0.39, 0.29) is 0 Å². The number of carbonyl (C=O) groups is 2. The molecule has 2 saturated heterocycles. The number of hydrogen-bond acceptors (Lipinski definition) is 17. The maximum absolute atomic E-state index is 12.8. The predicted octanol–water partition coefficient (Wildman–Crippen LogP) is -3.68. The van der Waals surface area contributed by atoms with Gasteiger partial charge < -0.3 is 59.7 Å². The van der Waals surface area contributed by atoms with Crippen LogP contribution >= 0.6 is 23.0 Å². The molecule has 2 aliphatic rings. The number of rotatable bonds is 16. The summed E-state index contributed by atoms with van der Waals surface area (Å²) in [6.07, 6.45) is -15.6. The van der Waals surface area contributed by atoms with E-state index >= 15 is 0 Å². The molecule has 5 unspecified atom stereocenters. The molecule has 0 radical (unpaired) electrons. The normalized spacial score (nSPS) is 33.1. The molecule has 1 aromatic rings. The van der Waals surface area contributed by atoms with Crippen molar-refractivity contribution in [2.45, 2.75) is 69.0 Å². The Bertz CT molecular complexity index is 1600. The summed E-state index contributed by atoms with van der Waals surface area (Å²) < 4.78 is 68.2. The number of nitrogens with zero attached hydrogens (tertiary/aromatic N) is 1. The second kappa shape index (κ2) is 16.4. The smallest absolute Gasteiger partial charge is 0.481 e. The summed E-state index contributed by atoms with van der Waals surface area (Å²) in [6.45, 7) is -0.0574. The van der Waals surface area contributed by atoms with Crippen LogP contribution in [0.5, 0.6) is 0 Å². The lowest BCUT2D eigenvalue weighted by Gasteiger charge is -2.44. The molecule has 1 aromatic heterocycles. The van der Waals surface area contributed by atoms with Crippen molar-refractivity contribution in [2.24, 2.45) is 5.92 Å². The van der Waals surface area contributed by atoms with Crippen molar-refractivity contribution in [3.8, 4) is 0 Å². The van der Waals surface area contributed by atoms with Gasteiger partial charge in [0.15, 0.2) is 12.5 Å². The van der Waals surface area contributed by atoms with Gasteiger partial charge in [0, 0.05) is 25.3 Å². The van der Waals surface area contributed by atoms with Gasteiger partial charge in [0.1, 0.15) is 49.0 Å². The van der Waals surface area contributed by atoms with Crippen LogP contribution in [0, 0.1) is 5.92 Å². The molecule has 0 spiro atoms. The third kappa shape index (κ3) is 11.1. The minimum Gasteiger partial charge on any atom is -0.481 e. The number of hydrogen-bond donors (Lipinski definition) is 10. The Balaban J connectivity index is 1.73. The van der Waals surface area contributed by atoms with Gasteiger partial charge >= 0.3 is 27.3 Å². The van der Waals surface area contributed by atoms with Crippen LogP contribution < -0.4 is 16.6 Å². The number of carboxylic acids is 1. The number of nitrogens with one attached hydrogen (secondary N) is 2. The Hall–Kier alpha value is -2.21. The lowest BCUT2D eigenvalue weighted by molar-refractivity contribution is -0.254. The van der Waals surface area contributed by atoms with Crippen molar-refractivity contribution in [1.82, 2.24) is 14.9 Å². The maximum atomic E-state index is 12.8. The Morgan fingerprint density at radius 3 is 2.27 bits per heavy atom. The molecule has 280 valence electrons. The molecular formula is C22H36N3O21P3. The molecule has 0 saturated carbocycles. The first-order valence-corrected chi connectivity index (χ1v) is 19.0. The Kier molecular flexibility index (Phi) is 13.8. The molecule has 1 amide bonds. The summed E-state index contributed by atoms with van der Waals surface area (Å²) in [4.78, 5) is 79.0. The highest BCUT2D eigenvalue weighted by Gasteiger charge is 2.51. The lowest BCUT2D eigenvalue weighted by atomic mass is 9.97. The highest BCUT2D eigenvalue weighted by atomic mass is 31.3. The number of aliphatic hydroxyl groups excluding tert-OH is 4. The number of amides is 1. The average Bonchev–Trinajstić information content (AvgIpc) is 3.24. The number of H-pyrrole nitrogens is 1. The van der Waals surface area contributed by atoms with Crippen LogP contribution in [0.4, 0.5) is 0 Å². The van der Waals surface area contributed by atoms with Gasteiger partial charge in [-0.2, -0.15) is 4.31 Å². The van der Waals surface area contributed by atoms with Gasteiger partial charge in [-0.15, -0.1) is 0 Å². The third-order valence-electron chi connectivity index (χ3n) is 6.98. The number of ether oxygens (including phenoxy) is 3. The number of phosphoric acid groups is 2. The van der Waals surface area contributed by atoms with Crippen LogP contribution in [-0.2, 0) is 50.9 Å². The third-order valence-corrected chi connectivity index (χ3v) is 11.3. The SMILES string of the molecule is CC(=O)N[C@H]1C(OP(=O)(O)OP(=O)(O)OC[C@H]2O[C@@H](n3ccc(=O)[nH]c3=O)[C@H](O)[C@@H]2O)O[C@H](CO)[C@@H](O)[C@@H]1OCP(=O)(O)CC(C)C(=O)O. The van der Waals surface area contributed by atoms with Gasteiger partial charge in [0.25, 0.3) is 5.56 Å². The van der Waals surface area contributed by atoms with Gasteiger partial charge in [-0.05, 0) is 0 Å². The zero-order valence-corrected chi connectivity index (χ0v) is 28.1. The van der Waals surface area contributed by atoms with E-state index in [9.17, 15) is 68.0 Å². The average molecular weight is 771 g/mol. The van der Waals surface area contributed by atoms with E-state index < -0.39 is 133 Å². The zero-order chi connectivity index (χ0) is 37.1. The fourth-order valence-corrected chi connectivity index (χ4v) is 8.39. The first-order valence-electron chi connectivity index (χ1n) is 14.0. The number of phosphoric ester groups is 2. The molecule has 10 N–H and O–H groups in total. The topological polar surface area (TPSA) is 369 Å². The molecule has 13 atom stereocenters. The van der Waals surface area contributed by atoms with Crippen LogP contribution in [0.1, 0.15) is 20.1 Å². The molecule has 27 heteroatoms. The monoisotopic (exact) mass is 771 g/mol. The number of aromatic nitrogens is 2. The highest BCUT2D eigenvalue weighted by Crippen LogP contribution is 2.61. The van der Waals surface area contributed by atoms with Crippen molar-refractivity contribution >= 4 is 34.9 Å². The van der Waals surface area contributed by atoms with E-state index in [1.807, 2.05) is 4.98 Å². The van der Waals surface area contributed by atoms with Crippen molar-refractivity contribution in [1.29, 1.82) is 0 Å². The highest BCUT2D eigenvalue weighted by molar-refractivity contribution is 7.61. The van der Waals surface area contributed by atoms with Crippen molar-refractivity contribution in [2.75, 3.05) is 25.7 Å². The van der Waals surface area contributed by atoms with Crippen molar-refractivity contribution < 1.29 is 91.1 Å². The number of aromatic amines is 1.